The summed E-state index contributed by atoms with van der Waals surface area (Å²) in [6, 6.07) is 6.25. The predicted molar refractivity (Wildman–Crippen MR) is 39.9 cm³/mol. The van der Waals surface area contributed by atoms with Crippen LogP contribution in [0.2, 0.25) is 0 Å². The molecule has 12 heavy (non-hydrogen) atoms. The first-order chi connectivity index (χ1) is 5.55. The number of hydrogen-bond donors (Lipinski definition) is 0. The van der Waals surface area contributed by atoms with E-state index in [4.69, 9.17) is 5.26 Å². The smallest absolute Gasteiger partial charge is 0.445 e. The van der Waals surface area contributed by atoms with E-state index < -0.39 is 12.4 Å². The van der Waals surface area contributed by atoms with E-state index in [0.717, 1.165) is 12.1 Å². The Bertz CT molecular complexity index is 326. The van der Waals surface area contributed by atoms with Crippen LogP contribution in [0, 0.1) is 11.3 Å². The maximum absolute atomic E-state index is 12.1. The van der Waals surface area contributed by atoms with Gasteiger partial charge in [0.05, 0.1) is 6.07 Å². The first-order valence-electron chi connectivity index (χ1n) is 3.24. The largest absolute Gasteiger partial charge is 0.510 e. The van der Waals surface area contributed by atoms with Crippen LogP contribution < -0.4 is 5.46 Å². The van der Waals surface area contributed by atoms with Gasteiger partial charge in [-0.15, -0.1) is 0 Å². The van der Waals surface area contributed by atoms with Gasteiger partial charge in [0.25, 0.3) is 0 Å². The van der Waals surface area contributed by atoms with Crippen molar-refractivity contribution in [2.24, 2.45) is 0 Å². The van der Waals surface area contributed by atoms with Crippen LogP contribution in [0.1, 0.15) is 5.56 Å². The third-order valence-corrected chi connectivity index (χ3v) is 1.43. The van der Waals surface area contributed by atoms with Crippen molar-refractivity contribution in [2.75, 3.05) is 0 Å². The molecule has 1 rings (SSSR count). The highest BCUT2D eigenvalue weighted by Gasteiger charge is 2.27. The van der Waals surface area contributed by atoms with Gasteiger partial charge in [-0.05, 0) is 6.07 Å². The van der Waals surface area contributed by atoms with Crippen molar-refractivity contribution < 1.29 is 12.9 Å². The normalized spacial score (nSPS) is 10.8. The highest BCUT2D eigenvalue weighted by atomic mass is 19.4. The van der Waals surface area contributed by atoms with Crippen molar-refractivity contribution in [3.8, 4) is 6.07 Å². The van der Waals surface area contributed by atoms with E-state index in [2.05, 4.69) is 0 Å². The molecular formula is C7H4BF3N-. The molecule has 0 saturated heterocycles. The lowest BCUT2D eigenvalue weighted by Crippen LogP contribution is -2.36. The fourth-order valence-electron chi connectivity index (χ4n) is 0.884. The topological polar surface area (TPSA) is 23.8 Å². The highest BCUT2D eigenvalue weighted by molar-refractivity contribution is 6.74. The lowest BCUT2D eigenvalue weighted by Gasteiger charge is -2.15. The van der Waals surface area contributed by atoms with Crippen LogP contribution in [0.25, 0.3) is 0 Å². The van der Waals surface area contributed by atoms with Crippen LogP contribution in [0.15, 0.2) is 24.3 Å². The predicted octanol–water partition coefficient (Wildman–Crippen LogP) is 1.61. The van der Waals surface area contributed by atoms with Gasteiger partial charge in [-0.1, -0.05) is 23.7 Å². The van der Waals surface area contributed by atoms with Gasteiger partial charge in [-0.2, -0.15) is 5.26 Å². The Morgan fingerprint density at radius 3 is 2.17 bits per heavy atom. The summed E-state index contributed by atoms with van der Waals surface area (Å²) < 4.78 is 36.4. The first-order valence-corrected chi connectivity index (χ1v) is 3.24. The summed E-state index contributed by atoms with van der Waals surface area (Å²) in [7, 11) is 0. The maximum Gasteiger partial charge on any atom is 0.510 e. The molecule has 1 nitrogen and oxygen atoms in total. The van der Waals surface area contributed by atoms with Crippen molar-refractivity contribution >= 4 is 12.4 Å². The zero-order chi connectivity index (χ0) is 9.19. The van der Waals surface area contributed by atoms with Gasteiger partial charge < -0.3 is 12.9 Å². The number of hydrogen-bond acceptors (Lipinski definition) is 1. The van der Waals surface area contributed by atoms with E-state index >= 15 is 0 Å². The third-order valence-electron chi connectivity index (χ3n) is 1.43. The molecule has 1 aromatic rings. The second-order valence-corrected chi connectivity index (χ2v) is 2.27. The molecule has 0 unspecified atom stereocenters. The number of nitriles is 1. The molecule has 5 heteroatoms. The average Bonchev–Trinajstić information content (AvgIpc) is 2.03. The molecule has 0 heterocycles. The Kier molecular flexibility index (Phi) is 2.09. The van der Waals surface area contributed by atoms with E-state index in [-0.39, 0.29) is 5.56 Å². The Hall–Kier alpha value is -1.44. The Morgan fingerprint density at radius 1 is 1.17 bits per heavy atom. The highest BCUT2D eigenvalue weighted by Crippen LogP contribution is 2.10. The molecule has 0 aromatic heterocycles. The quantitative estimate of drug-likeness (QED) is 0.587. The summed E-state index contributed by atoms with van der Waals surface area (Å²) >= 11 is 0. The molecule has 0 aliphatic heterocycles. The van der Waals surface area contributed by atoms with Crippen molar-refractivity contribution in [2.45, 2.75) is 0 Å². The third kappa shape index (κ3) is 1.59. The van der Waals surface area contributed by atoms with E-state index in [0.29, 0.717) is 0 Å². The Morgan fingerprint density at radius 2 is 1.75 bits per heavy atom. The summed E-state index contributed by atoms with van der Waals surface area (Å²) in [5.41, 5.74) is -1.13. The van der Waals surface area contributed by atoms with Crippen molar-refractivity contribution in [1.29, 1.82) is 5.26 Å². The molecule has 0 aliphatic rings. The minimum absolute atomic E-state index is 0.315. The van der Waals surface area contributed by atoms with Crippen LogP contribution in [-0.2, 0) is 0 Å². The second-order valence-electron chi connectivity index (χ2n) is 2.27. The summed E-state index contributed by atoms with van der Waals surface area (Å²) in [6.07, 6.45) is 0. The standard InChI is InChI=1S/C7H4BF3N/c9-8(10,11)7-4-2-1-3-6(7)5-12/h1-4H/q-1. The molecule has 0 bridgehead atoms. The molecule has 0 atom stereocenters. The first kappa shape index (κ1) is 8.66. The number of nitrogens with zero attached hydrogens (tertiary/aromatic N) is 1. The summed E-state index contributed by atoms with van der Waals surface area (Å²) in [5.74, 6) is 0. The molecule has 0 aliphatic carbocycles. The van der Waals surface area contributed by atoms with Gasteiger partial charge in [-0.3, -0.25) is 0 Å². The molecule has 0 fully saturated rings. The lowest BCUT2D eigenvalue weighted by molar-refractivity contribution is 0.501. The fraction of sp³-hybridized carbons (Fsp3) is 0. The fourth-order valence-corrected chi connectivity index (χ4v) is 0.884. The lowest BCUT2D eigenvalue weighted by atomic mass is 9.77. The minimum Gasteiger partial charge on any atom is -0.445 e. The Balaban J connectivity index is 3.26. The van der Waals surface area contributed by atoms with Gasteiger partial charge in [0.15, 0.2) is 0 Å². The van der Waals surface area contributed by atoms with E-state index in [1.54, 1.807) is 0 Å². The second kappa shape index (κ2) is 2.90. The number of halogens is 3. The van der Waals surface area contributed by atoms with Gasteiger partial charge >= 0.3 is 6.98 Å². The van der Waals surface area contributed by atoms with Gasteiger partial charge in [-0.25, -0.2) is 0 Å². The summed E-state index contributed by atoms with van der Waals surface area (Å²) in [5, 5.41) is 8.34. The molecule has 62 valence electrons. The van der Waals surface area contributed by atoms with Crippen LogP contribution >= 0.6 is 0 Å². The average molecular weight is 170 g/mol. The van der Waals surface area contributed by atoms with Crippen LogP contribution in [0.3, 0.4) is 0 Å². The van der Waals surface area contributed by atoms with E-state index in [1.807, 2.05) is 0 Å². The molecular weight excluding hydrogens is 166 g/mol. The molecule has 0 N–H and O–H groups in total. The van der Waals surface area contributed by atoms with Crippen LogP contribution in [0.5, 0.6) is 0 Å². The molecule has 0 saturated carbocycles. The molecule has 0 radical (unpaired) electrons. The Labute approximate surface area is 67.5 Å². The maximum atomic E-state index is 12.1. The summed E-state index contributed by atoms with van der Waals surface area (Å²) in [6.45, 7) is -5.06. The van der Waals surface area contributed by atoms with Gasteiger partial charge in [0.2, 0.25) is 0 Å². The van der Waals surface area contributed by atoms with Gasteiger partial charge in [0, 0.05) is 5.56 Å². The van der Waals surface area contributed by atoms with Crippen LogP contribution in [-0.4, -0.2) is 6.98 Å². The SMILES string of the molecule is N#Cc1ccccc1[B-](F)(F)F. The number of benzene rings is 1. The minimum atomic E-state index is -5.06. The number of rotatable bonds is 1. The van der Waals surface area contributed by atoms with Crippen molar-refractivity contribution in [3.63, 3.8) is 0 Å². The van der Waals surface area contributed by atoms with Crippen molar-refractivity contribution in [3.05, 3.63) is 29.8 Å². The monoisotopic (exact) mass is 170 g/mol. The zero-order valence-electron chi connectivity index (χ0n) is 5.97. The zero-order valence-corrected chi connectivity index (χ0v) is 5.97. The molecule has 1 aromatic carbocycles. The van der Waals surface area contributed by atoms with Gasteiger partial charge in [0.1, 0.15) is 0 Å². The summed E-state index contributed by atoms with van der Waals surface area (Å²) in [4.78, 5) is 0. The molecule has 0 amide bonds. The van der Waals surface area contributed by atoms with Crippen molar-refractivity contribution in [1.82, 2.24) is 0 Å². The van der Waals surface area contributed by atoms with E-state index in [1.165, 1.54) is 18.2 Å². The van der Waals surface area contributed by atoms with Crippen LogP contribution in [0.4, 0.5) is 12.9 Å². The van der Waals surface area contributed by atoms with E-state index in [9.17, 15) is 12.9 Å². The molecule has 0 spiro atoms.